The van der Waals surface area contributed by atoms with Crippen molar-refractivity contribution in [2.45, 2.75) is 46.2 Å². The number of hydrogen-bond donors (Lipinski definition) is 2. The van der Waals surface area contributed by atoms with Gasteiger partial charge in [0.05, 0.1) is 6.54 Å². The smallest absolute Gasteiger partial charge is 0.188 e. The van der Waals surface area contributed by atoms with Crippen LogP contribution >= 0.6 is 35.3 Å². The van der Waals surface area contributed by atoms with E-state index in [1.54, 1.807) is 11.3 Å². The monoisotopic (exact) mass is 424 g/mol. The van der Waals surface area contributed by atoms with E-state index in [9.17, 15) is 0 Å². The van der Waals surface area contributed by atoms with Crippen LogP contribution in [0, 0.1) is 0 Å². The Morgan fingerprint density at radius 2 is 2.00 bits per heavy atom. The van der Waals surface area contributed by atoms with Gasteiger partial charge in [-0.05, 0) is 45.6 Å². The number of aliphatic imine (C=N–C) groups is 1. The first kappa shape index (κ1) is 20.7. The predicted molar refractivity (Wildman–Crippen MR) is 105 cm³/mol. The van der Waals surface area contributed by atoms with E-state index >= 15 is 0 Å². The Hall–Kier alpha value is -0.340. The van der Waals surface area contributed by atoms with Crippen LogP contribution in [0.5, 0.6) is 0 Å². The molecule has 1 heterocycles. The van der Waals surface area contributed by atoms with Crippen LogP contribution in [0.3, 0.4) is 0 Å². The van der Waals surface area contributed by atoms with Crippen LogP contribution in [0.2, 0.25) is 0 Å². The van der Waals surface area contributed by atoms with Gasteiger partial charge in [-0.2, -0.15) is 0 Å². The molecule has 0 unspecified atom stereocenters. The van der Waals surface area contributed by atoms with Gasteiger partial charge in [-0.25, -0.2) is 0 Å². The zero-order chi connectivity index (χ0) is 15.0. The van der Waals surface area contributed by atoms with E-state index in [0.717, 1.165) is 26.1 Å². The molecule has 0 atom stereocenters. The van der Waals surface area contributed by atoms with Crippen LogP contribution in [0.15, 0.2) is 22.5 Å². The summed E-state index contributed by atoms with van der Waals surface area (Å²) in [5, 5.41) is 5.27. The summed E-state index contributed by atoms with van der Waals surface area (Å²) in [4.78, 5) is 8.18. The molecule has 4 nitrogen and oxygen atoms in total. The first-order chi connectivity index (χ1) is 9.50. The normalized spacial score (nSPS) is 12.0. The third-order valence-corrected chi connectivity index (χ3v) is 4.16. The van der Waals surface area contributed by atoms with Gasteiger partial charge in [0.2, 0.25) is 0 Å². The molecule has 0 aliphatic heterocycles. The fourth-order valence-corrected chi connectivity index (χ4v) is 2.93. The van der Waals surface area contributed by atoms with E-state index in [1.165, 1.54) is 4.88 Å². The van der Waals surface area contributed by atoms with Gasteiger partial charge in [-0.15, -0.1) is 35.3 Å². The summed E-state index contributed by atoms with van der Waals surface area (Å²) in [6.07, 6.45) is 0.998. The lowest BCUT2D eigenvalue weighted by atomic mass is 10.2. The van der Waals surface area contributed by atoms with E-state index in [2.05, 4.69) is 60.4 Å². The lowest BCUT2D eigenvalue weighted by Crippen LogP contribution is -2.39. The Bertz CT molecular complexity index is 382. The van der Waals surface area contributed by atoms with Gasteiger partial charge in [0.25, 0.3) is 0 Å². The Morgan fingerprint density at radius 1 is 1.33 bits per heavy atom. The highest BCUT2D eigenvalue weighted by molar-refractivity contribution is 14.0. The number of halogens is 1. The van der Waals surface area contributed by atoms with Crippen molar-refractivity contribution in [3.8, 4) is 0 Å². The molecule has 21 heavy (non-hydrogen) atoms. The van der Waals surface area contributed by atoms with Gasteiger partial charge < -0.3 is 11.1 Å². The molecule has 0 saturated heterocycles. The van der Waals surface area contributed by atoms with Crippen molar-refractivity contribution < 1.29 is 0 Å². The van der Waals surface area contributed by atoms with Crippen LogP contribution in [-0.4, -0.2) is 42.6 Å². The van der Waals surface area contributed by atoms with Crippen molar-refractivity contribution in [3.63, 3.8) is 0 Å². The van der Waals surface area contributed by atoms with Crippen LogP contribution in [0.4, 0.5) is 0 Å². The number of nitrogens with two attached hydrogens (primary N) is 1. The zero-order valence-corrected chi connectivity index (χ0v) is 16.7. The molecule has 6 heteroatoms. The fourth-order valence-electron chi connectivity index (χ4n) is 2.22. The quantitative estimate of drug-likeness (QED) is 0.383. The number of nitrogens with one attached hydrogen (secondary N) is 1. The summed E-state index contributed by atoms with van der Waals surface area (Å²) >= 11 is 1.78. The Labute approximate surface area is 150 Å². The highest BCUT2D eigenvalue weighted by atomic mass is 127. The minimum atomic E-state index is 0. The third-order valence-electron chi connectivity index (χ3n) is 3.22. The SMILES string of the molecule is CC(C)N(CCN=C(N)NCCc1cccs1)C(C)C.I. The van der Waals surface area contributed by atoms with Crippen LogP contribution < -0.4 is 11.1 Å². The van der Waals surface area contributed by atoms with Crippen LogP contribution in [0.1, 0.15) is 32.6 Å². The zero-order valence-electron chi connectivity index (χ0n) is 13.5. The fraction of sp³-hybridized carbons (Fsp3) is 0.667. The molecule has 0 saturated carbocycles. The predicted octanol–water partition coefficient (Wildman–Crippen LogP) is 2.93. The highest BCUT2D eigenvalue weighted by Gasteiger charge is 2.11. The average Bonchev–Trinajstić information content (AvgIpc) is 2.86. The summed E-state index contributed by atoms with van der Waals surface area (Å²) in [6, 6.07) is 5.29. The minimum Gasteiger partial charge on any atom is -0.370 e. The van der Waals surface area contributed by atoms with E-state index in [4.69, 9.17) is 5.73 Å². The molecule has 0 aliphatic carbocycles. The second-order valence-corrected chi connectivity index (χ2v) is 6.48. The second kappa shape index (κ2) is 11.3. The molecular formula is C15H29IN4S. The minimum absolute atomic E-state index is 0. The van der Waals surface area contributed by atoms with E-state index in [1.807, 2.05) is 0 Å². The van der Waals surface area contributed by atoms with Gasteiger partial charge in [0.1, 0.15) is 0 Å². The molecule has 1 aromatic heterocycles. The number of thiophene rings is 1. The van der Waals surface area contributed by atoms with E-state index in [-0.39, 0.29) is 24.0 Å². The van der Waals surface area contributed by atoms with Crippen molar-refractivity contribution in [1.29, 1.82) is 0 Å². The standard InChI is InChI=1S/C15H28N4S.HI/c1-12(2)19(13(3)4)10-9-18-15(16)17-8-7-14-6-5-11-20-14;/h5-6,11-13H,7-10H2,1-4H3,(H3,16,17,18);1H. The lowest BCUT2D eigenvalue weighted by molar-refractivity contribution is 0.181. The maximum Gasteiger partial charge on any atom is 0.188 e. The molecular weight excluding hydrogens is 395 g/mol. The van der Waals surface area contributed by atoms with Gasteiger partial charge >= 0.3 is 0 Å². The maximum atomic E-state index is 5.88. The summed E-state index contributed by atoms with van der Waals surface area (Å²) in [6.45, 7) is 11.4. The first-order valence-electron chi connectivity index (χ1n) is 7.32. The second-order valence-electron chi connectivity index (χ2n) is 5.45. The molecule has 0 aromatic carbocycles. The molecule has 0 amide bonds. The van der Waals surface area contributed by atoms with E-state index in [0.29, 0.717) is 18.0 Å². The van der Waals surface area contributed by atoms with E-state index < -0.39 is 0 Å². The third kappa shape index (κ3) is 8.63. The van der Waals surface area contributed by atoms with Crippen molar-refractivity contribution in [1.82, 2.24) is 10.2 Å². The van der Waals surface area contributed by atoms with Gasteiger partial charge in [-0.3, -0.25) is 9.89 Å². The van der Waals surface area contributed by atoms with Crippen molar-refractivity contribution >= 4 is 41.3 Å². The lowest BCUT2D eigenvalue weighted by Gasteiger charge is -2.29. The van der Waals surface area contributed by atoms with Crippen molar-refractivity contribution in [2.24, 2.45) is 10.7 Å². The molecule has 0 aliphatic rings. The molecule has 0 bridgehead atoms. The molecule has 1 aromatic rings. The number of guanidine groups is 1. The summed E-state index contributed by atoms with van der Waals surface area (Å²) in [5.41, 5.74) is 5.88. The molecule has 3 N–H and O–H groups in total. The topological polar surface area (TPSA) is 53.6 Å². The molecule has 0 radical (unpaired) electrons. The van der Waals surface area contributed by atoms with Crippen molar-refractivity contribution in [3.05, 3.63) is 22.4 Å². The summed E-state index contributed by atoms with van der Waals surface area (Å²) in [5.74, 6) is 0.550. The summed E-state index contributed by atoms with van der Waals surface area (Å²) in [7, 11) is 0. The molecule has 1 rings (SSSR count). The van der Waals surface area contributed by atoms with Crippen LogP contribution in [-0.2, 0) is 6.42 Å². The van der Waals surface area contributed by atoms with Gasteiger partial charge in [0, 0.05) is 30.1 Å². The number of nitrogens with zero attached hydrogens (tertiary/aromatic N) is 2. The Morgan fingerprint density at radius 3 is 2.52 bits per heavy atom. The maximum absolute atomic E-state index is 5.88. The Balaban J connectivity index is 0.00000400. The highest BCUT2D eigenvalue weighted by Crippen LogP contribution is 2.08. The first-order valence-corrected chi connectivity index (χ1v) is 8.20. The molecule has 0 spiro atoms. The average molecular weight is 424 g/mol. The van der Waals surface area contributed by atoms with Gasteiger partial charge in [0.15, 0.2) is 5.96 Å². The molecule has 122 valence electrons. The molecule has 0 fully saturated rings. The van der Waals surface area contributed by atoms with Gasteiger partial charge in [-0.1, -0.05) is 6.07 Å². The largest absolute Gasteiger partial charge is 0.370 e. The van der Waals surface area contributed by atoms with Crippen molar-refractivity contribution in [2.75, 3.05) is 19.6 Å². The number of rotatable bonds is 8. The number of hydrogen-bond acceptors (Lipinski definition) is 3. The Kier molecular flexibility index (Phi) is 11.1. The summed E-state index contributed by atoms with van der Waals surface area (Å²) < 4.78 is 0. The van der Waals surface area contributed by atoms with Crippen LogP contribution in [0.25, 0.3) is 0 Å².